The first kappa shape index (κ1) is 11.5. The number of benzene rings is 1. The molecule has 16 heavy (non-hydrogen) atoms. The van der Waals surface area contributed by atoms with Crippen molar-refractivity contribution in [3.05, 3.63) is 28.8 Å². The van der Waals surface area contributed by atoms with Crippen LogP contribution in [0.2, 0.25) is 5.02 Å². The molecule has 1 aliphatic rings. The fourth-order valence-corrected chi connectivity index (χ4v) is 2.76. The van der Waals surface area contributed by atoms with Gasteiger partial charge in [0.2, 0.25) is 0 Å². The first-order chi connectivity index (χ1) is 7.61. The summed E-state index contributed by atoms with van der Waals surface area (Å²) in [4.78, 5) is 13.0. The Hall–Kier alpha value is -1.02. The van der Waals surface area contributed by atoms with Crippen LogP contribution in [0.25, 0.3) is 0 Å². The number of hydrogen-bond acceptors (Lipinski definition) is 2. The zero-order chi connectivity index (χ0) is 11.7. The molecule has 1 aromatic carbocycles. The molecule has 2 atom stereocenters. The molecule has 86 valence electrons. The highest BCUT2D eigenvalue weighted by Crippen LogP contribution is 2.34. The number of carbonyl (C=O) groups is 1. The molecule has 0 N–H and O–H groups in total. The van der Waals surface area contributed by atoms with E-state index in [0.717, 1.165) is 18.5 Å². The minimum atomic E-state index is 0.523. The summed E-state index contributed by atoms with van der Waals surface area (Å²) < 4.78 is 0. The number of anilines is 1. The summed E-state index contributed by atoms with van der Waals surface area (Å²) in [6.45, 7) is 5.51. The van der Waals surface area contributed by atoms with Crippen molar-refractivity contribution in [3.8, 4) is 0 Å². The van der Waals surface area contributed by atoms with Crippen LogP contribution in [0.3, 0.4) is 0 Å². The average molecular weight is 238 g/mol. The highest BCUT2D eigenvalue weighted by Gasteiger charge is 2.27. The van der Waals surface area contributed by atoms with E-state index in [0.29, 0.717) is 22.5 Å². The van der Waals surface area contributed by atoms with Crippen molar-refractivity contribution >= 4 is 23.6 Å². The average Bonchev–Trinajstić information content (AvgIpc) is 2.57. The van der Waals surface area contributed by atoms with Crippen LogP contribution >= 0.6 is 11.6 Å². The topological polar surface area (TPSA) is 20.3 Å². The zero-order valence-electron chi connectivity index (χ0n) is 9.61. The van der Waals surface area contributed by atoms with Crippen molar-refractivity contribution in [1.82, 2.24) is 0 Å². The van der Waals surface area contributed by atoms with E-state index in [9.17, 15) is 4.79 Å². The van der Waals surface area contributed by atoms with Crippen LogP contribution in [0.15, 0.2) is 18.2 Å². The maximum Gasteiger partial charge on any atom is 0.150 e. The van der Waals surface area contributed by atoms with Crippen LogP contribution in [-0.2, 0) is 0 Å². The van der Waals surface area contributed by atoms with Crippen LogP contribution in [0, 0.1) is 5.92 Å². The second kappa shape index (κ2) is 4.46. The van der Waals surface area contributed by atoms with Gasteiger partial charge in [-0.25, -0.2) is 0 Å². The number of halogens is 1. The molecule has 0 saturated carbocycles. The van der Waals surface area contributed by atoms with Gasteiger partial charge in [-0.1, -0.05) is 18.5 Å². The molecule has 0 spiro atoms. The summed E-state index contributed by atoms with van der Waals surface area (Å²) in [5.41, 5.74) is 1.68. The first-order valence-electron chi connectivity index (χ1n) is 5.63. The molecule has 0 aromatic heterocycles. The Morgan fingerprint density at radius 1 is 1.44 bits per heavy atom. The minimum absolute atomic E-state index is 0.523. The van der Waals surface area contributed by atoms with Crippen molar-refractivity contribution in [1.29, 1.82) is 0 Å². The highest BCUT2D eigenvalue weighted by atomic mass is 35.5. The largest absolute Gasteiger partial charge is 0.367 e. The van der Waals surface area contributed by atoms with E-state index in [1.807, 2.05) is 12.1 Å². The molecular formula is C13H16ClNO. The summed E-state index contributed by atoms with van der Waals surface area (Å²) >= 11 is 6.20. The number of rotatable bonds is 2. The van der Waals surface area contributed by atoms with Gasteiger partial charge in [-0.05, 0) is 37.5 Å². The lowest BCUT2D eigenvalue weighted by Crippen LogP contribution is -2.26. The standard InChI is InChI=1S/C13H16ClNO/c1-9-5-10(2)15(7-9)13-4-3-11(8-16)6-12(13)14/h3-4,6,8-10H,5,7H2,1-2H3. The fourth-order valence-electron chi connectivity index (χ4n) is 2.46. The molecule has 0 radical (unpaired) electrons. The molecular weight excluding hydrogens is 222 g/mol. The molecule has 0 amide bonds. The predicted octanol–water partition coefficient (Wildman–Crippen LogP) is 3.39. The predicted molar refractivity (Wildman–Crippen MR) is 67.4 cm³/mol. The molecule has 0 aliphatic carbocycles. The molecule has 1 aromatic rings. The van der Waals surface area contributed by atoms with E-state index in [4.69, 9.17) is 11.6 Å². The molecule has 3 heteroatoms. The second-order valence-electron chi connectivity index (χ2n) is 4.67. The van der Waals surface area contributed by atoms with Crippen LogP contribution in [0.4, 0.5) is 5.69 Å². The molecule has 1 saturated heterocycles. The van der Waals surface area contributed by atoms with Gasteiger partial charge in [0.15, 0.2) is 0 Å². The third-order valence-electron chi connectivity index (χ3n) is 3.20. The summed E-state index contributed by atoms with van der Waals surface area (Å²) in [5.74, 6) is 0.705. The normalized spacial score (nSPS) is 24.8. The SMILES string of the molecule is CC1CC(C)N(c2ccc(C=O)cc2Cl)C1. The Bertz CT molecular complexity index is 405. The van der Waals surface area contributed by atoms with E-state index < -0.39 is 0 Å². The lowest BCUT2D eigenvalue weighted by atomic mass is 10.1. The lowest BCUT2D eigenvalue weighted by molar-refractivity contribution is 0.112. The molecule has 2 nitrogen and oxygen atoms in total. The Morgan fingerprint density at radius 3 is 2.69 bits per heavy atom. The van der Waals surface area contributed by atoms with Crippen molar-refractivity contribution in [2.45, 2.75) is 26.3 Å². The van der Waals surface area contributed by atoms with Gasteiger partial charge in [0, 0.05) is 18.2 Å². The summed E-state index contributed by atoms with van der Waals surface area (Å²) in [5, 5.41) is 0.672. The zero-order valence-corrected chi connectivity index (χ0v) is 10.4. The second-order valence-corrected chi connectivity index (χ2v) is 5.08. The number of hydrogen-bond donors (Lipinski definition) is 0. The van der Waals surface area contributed by atoms with Crippen molar-refractivity contribution in [3.63, 3.8) is 0 Å². The van der Waals surface area contributed by atoms with E-state index in [-0.39, 0.29) is 0 Å². The summed E-state index contributed by atoms with van der Waals surface area (Å²) in [6, 6.07) is 6.03. The van der Waals surface area contributed by atoms with Crippen LogP contribution in [0.1, 0.15) is 30.6 Å². The lowest BCUT2D eigenvalue weighted by Gasteiger charge is -2.25. The van der Waals surface area contributed by atoms with Crippen molar-refractivity contribution < 1.29 is 4.79 Å². The fraction of sp³-hybridized carbons (Fsp3) is 0.462. The van der Waals surface area contributed by atoms with Gasteiger partial charge >= 0.3 is 0 Å². The first-order valence-corrected chi connectivity index (χ1v) is 6.01. The highest BCUT2D eigenvalue weighted by molar-refractivity contribution is 6.33. The number of nitrogens with zero attached hydrogens (tertiary/aromatic N) is 1. The summed E-state index contributed by atoms with van der Waals surface area (Å²) in [6.07, 6.45) is 2.03. The third-order valence-corrected chi connectivity index (χ3v) is 3.50. The van der Waals surface area contributed by atoms with E-state index in [2.05, 4.69) is 18.7 Å². The molecule has 1 heterocycles. The van der Waals surface area contributed by atoms with Gasteiger partial charge in [-0.2, -0.15) is 0 Å². The maximum absolute atomic E-state index is 10.6. The molecule has 1 aliphatic heterocycles. The Balaban J connectivity index is 2.30. The van der Waals surface area contributed by atoms with E-state index in [1.54, 1.807) is 6.07 Å². The van der Waals surface area contributed by atoms with Gasteiger partial charge in [-0.15, -0.1) is 0 Å². The quantitative estimate of drug-likeness (QED) is 0.735. The van der Waals surface area contributed by atoms with Crippen LogP contribution in [-0.4, -0.2) is 18.9 Å². The number of aldehydes is 1. The Morgan fingerprint density at radius 2 is 2.19 bits per heavy atom. The van der Waals surface area contributed by atoms with Gasteiger partial charge in [0.05, 0.1) is 10.7 Å². The Kier molecular flexibility index (Phi) is 3.20. The molecule has 2 rings (SSSR count). The summed E-state index contributed by atoms with van der Waals surface area (Å²) in [7, 11) is 0. The van der Waals surface area contributed by atoms with Gasteiger partial charge in [-0.3, -0.25) is 4.79 Å². The van der Waals surface area contributed by atoms with Crippen LogP contribution < -0.4 is 4.90 Å². The van der Waals surface area contributed by atoms with Crippen molar-refractivity contribution in [2.24, 2.45) is 5.92 Å². The van der Waals surface area contributed by atoms with Crippen molar-refractivity contribution in [2.75, 3.05) is 11.4 Å². The molecule has 2 unspecified atom stereocenters. The maximum atomic E-state index is 10.6. The van der Waals surface area contributed by atoms with E-state index >= 15 is 0 Å². The Labute approximate surface area is 101 Å². The number of carbonyl (C=O) groups excluding carboxylic acids is 1. The van der Waals surface area contributed by atoms with Gasteiger partial charge in [0.1, 0.15) is 6.29 Å². The van der Waals surface area contributed by atoms with Gasteiger partial charge < -0.3 is 4.90 Å². The minimum Gasteiger partial charge on any atom is -0.367 e. The smallest absolute Gasteiger partial charge is 0.150 e. The third kappa shape index (κ3) is 2.07. The van der Waals surface area contributed by atoms with E-state index in [1.165, 1.54) is 6.42 Å². The molecule has 0 bridgehead atoms. The molecule has 1 fully saturated rings. The van der Waals surface area contributed by atoms with Crippen LogP contribution in [0.5, 0.6) is 0 Å². The van der Waals surface area contributed by atoms with Gasteiger partial charge in [0.25, 0.3) is 0 Å². The monoisotopic (exact) mass is 237 g/mol.